The summed E-state index contributed by atoms with van der Waals surface area (Å²) >= 11 is 0. The molecule has 1 aliphatic rings. The summed E-state index contributed by atoms with van der Waals surface area (Å²) in [5.74, 6) is 1.30. The van der Waals surface area contributed by atoms with Crippen molar-refractivity contribution in [3.63, 3.8) is 0 Å². The van der Waals surface area contributed by atoms with E-state index in [4.69, 9.17) is 15.0 Å². The number of nitrogens with zero attached hydrogens (tertiary/aromatic N) is 2. The van der Waals surface area contributed by atoms with Crippen LogP contribution in [-0.4, -0.2) is 22.9 Å². The molecule has 1 aromatic heterocycles. The lowest BCUT2D eigenvalue weighted by atomic mass is 9.75. The first kappa shape index (κ1) is 14.5. The lowest BCUT2D eigenvalue weighted by Crippen LogP contribution is -2.26. The van der Waals surface area contributed by atoms with Crippen molar-refractivity contribution < 1.29 is 9.26 Å². The van der Waals surface area contributed by atoms with E-state index in [0.29, 0.717) is 12.4 Å². The topological polar surface area (TPSA) is 74.2 Å². The largest absolute Gasteiger partial charge is 0.377 e. The maximum absolute atomic E-state index is 6.02. The fourth-order valence-electron chi connectivity index (χ4n) is 2.55. The SMILES string of the molecule is CC(C)OCC(N)c1noc(C2(C)CCCCC2)n1. The van der Waals surface area contributed by atoms with Gasteiger partial charge in [-0.3, -0.25) is 0 Å². The third-order valence-electron chi connectivity index (χ3n) is 3.86. The Morgan fingerprint density at radius 3 is 2.63 bits per heavy atom. The highest BCUT2D eigenvalue weighted by atomic mass is 16.5. The molecule has 0 bridgehead atoms. The van der Waals surface area contributed by atoms with Crippen molar-refractivity contribution in [3.8, 4) is 0 Å². The van der Waals surface area contributed by atoms with Crippen LogP contribution in [0.1, 0.15) is 70.6 Å². The van der Waals surface area contributed by atoms with Crippen molar-refractivity contribution in [2.75, 3.05) is 6.61 Å². The van der Waals surface area contributed by atoms with Gasteiger partial charge in [-0.1, -0.05) is 31.3 Å². The van der Waals surface area contributed by atoms with Crippen LogP contribution in [0.15, 0.2) is 4.52 Å². The molecule has 5 nitrogen and oxygen atoms in total. The standard InChI is InChI=1S/C14H25N3O2/c1-10(2)18-9-11(15)12-16-13(19-17-12)14(3)7-5-4-6-8-14/h10-11H,4-9,15H2,1-3H3. The van der Waals surface area contributed by atoms with E-state index in [2.05, 4.69) is 17.1 Å². The van der Waals surface area contributed by atoms with Gasteiger partial charge in [0.25, 0.3) is 0 Å². The molecule has 1 unspecified atom stereocenters. The molecular weight excluding hydrogens is 242 g/mol. The first-order valence-electron chi connectivity index (χ1n) is 7.22. The Labute approximate surface area is 114 Å². The monoisotopic (exact) mass is 267 g/mol. The lowest BCUT2D eigenvalue weighted by Gasteiger charge is -2.29. The fourth-order valence-corrected chi connectivity index (χ4v) is 2.55. The zero-order valence-corrected chi connectivity index (χ0v) is 12.2. The first-order chi connectivity index (χ1) is 9.01. The molecule has 108 valence electrons. The normalized spacial score (nSPS) is 20.7. The molecule has 1 heterocycles. The van der Waals surface area contributed by atoms with Gasteiger partial charge in [0.15, 0.2) is 5.82 Å². The molecule has 19 heavy (non-hydrogen) atoms. The van der Waals surface area contributed by atoms with Crippen molar-refractivity contribution in [1.29, 1.82) is 0 Å². The molecule has 0 radical (unpaired) electrons. The van der Waals surface area contributed by atoms with E-state index >= 15 is 0 Å². The van der Waals surface area contributed by atoms with Gasteiger partial charge in [-0.15, -0.1) is 0 Å². The Bertz CT molecular complexity index is 397. The number of hydrogen-bond donors (Lipinski definition) is 1. The van der Waals surface area contributed by atoms with Gasteiger partial charge in [-0.25, -0.2) is 0 Å². The van der Waals surface area contributed by atoms with Gasteiger partial charge >= 0.3 is 0 Å². The van der Waals surface area contributed by atoms with Gasteiger partial charge in [0.1, 0.15) is 0 Å². The van der Waals surface area contributed by atoms with Crippen molar-refractivity contribution in [1.82, 2.24) is 10.1 Å². The lowest BCUT2D eigenvalue weighted by molar-refractivity contribution is 0.0665. The molecule has 1 fully saturated rings. The quantitative estimate of drug-likeness (QED) is 0.887. The minimum atomic E-state index is -0.313. The highest BCUT2D eigenvalue weighted by molar-refractivity contribution is 5.06. The number of rotatable bonds is 5. The molecule has 0 aliphatic heterocycles. The molecule has 0 amide bonds. The van der Waals surface area contributed by atoms with Crippen LogP contribution >= 0.6 is 0 Å². The summed E-state index contributed by atoms with van der Waals surface area (Å²) in [5, 5.41) is 4.02. The van der Waals surface area contributed by atoms with Crippen molar-refractivity contribution in [2.24, 2.45) is 5.73 Å². The summed E-state index contributed by atoms with van der Waals surface area (Å²) in [5.41, 5.74) is 6.05. The molecule has 0 aromatic carbocycles. The van der Waals surface area contributed by atoms with Gasteiger partial charge in [0, 0.05) is 5.41 Å². The summed E-state index contributed by atoms with van der Waals surface area (Å²) in [4.78, 5) is 4.50. The van der Waals surface area contributed by atoms with Crippen LogP contribution in [0.3, 0.4) is 0 Å². The number of nitrogens with two attached hydrogens (primary N) is 1. The molecule has 1 aliphatic carbocycles. The average Bonchev–Trinajstić information content (AvgIpc) is 2.87. The zero-order valence-electron chi connectivity index (χ0n) is 12.2. The van der Waals surface area contributed by atoms with Gasteiger partial charge in [0.2, 0.25) is 5.89 Å². The summed E-state index contributed by atoms with van der Waals surface area (Å²) in [7, 11) is 0. The van der Waals surface area contributed by atoms with E-state index in [1.807, 2.05) is 13.8 Å². The second-order valence-corrected chi connectivity index (χ2v) is 6.07. The Kier molecular flexibility index (Phi) is 4.58. The molecule has 1 atom stereocenters. The van der Waals surface area contributed by atoms with Crippen LogP contribution in [0, 0.1) is 0 Å². The third kappa shape index (κ3) is 3.54. The van der Waals surface area contributed by atoms with Crippen LogP contribution < -0.4 is 5.73 Å². The van der Waals surface area contributed by atoms with E-state index in [1.54, 1.807) is 0 Å². The van der Waals surface area contributed by atoms with Crippen LogP contribution in [0.5, 0.6) is 0 Å². The Hall–Kier alpha value is -0.940. The van der Waals surface area contributed by atoms with E-state index in [-0.39, 0.29) is 17.6 Å². The smallest absolute Gasteiger partial charge is 0.232 e. The highest BCUT2D eigenvalue weighted by Gasteiger charge is 2.34. The minimum absolute atomic E-state index is 0.0299. The zero-order chi connectivity index (χ0) is 13.9. The number of aromatic nitrogens is 2. The highest BCUT2D eigenvalue weighted by Crippen LogP contribution is 2.38. The minimum Gasteiger partial charge on any atom is -0.377 e. The van der Waals surface area contributed by atoms with Gasteiger partial charge in [-0.05, 0) is 26.7 Å². The second kappa shape index (κ2) is 6.01. The second-order valence-electron chi connectivity index (χ2n) is 6.07. The van der Waals surface area contributed by atoms with Gasteiger partial charge in [-0.2, -0.15) is 4.98 Å². The summed E-state index contributed by atoms with van der Waals surface area (Å²) in [6.07, 6.45) is 6.16. The van der Waals surface area contributed by atoms with Gasteiger partial charge < -0.3 is 15.0 Å². The maximum atomic E-state index is 6.02. The molecule has 0 saturated heterocycles. The summed E-state index contributed by atoms with van der Waals surface area (Å²) < 4.78 is 10.9. The molecule has 1 aromatic rings. The molecule has 5 heteroatoms. The van der Waals surface area contributed by atoms with E-state index < -0.39 is 0 Å². The van der Waals surface area contributed by atoms with E-state index in [0.717, 1.165) is 18.7 Å². The number of ether oxygens (including phenoxy) is 1. The van der Waals surface area contributed by atoms with Gasteiger partial charge in [0.05, 0.1) is 18.8 Å². The fraction of sp³-hybridized carbons (Fsp3) is 0.857. The Morgan fingerprint density at radius 2 is 2.00 bits per heavy atom. The van der Waals surface area contributed by atoms with Crippen LogP contribution in [-0.2, 0) is 10.2 Å². The molecule has 0 spiro atoms. The van der Waals surface area contributed by atoms with E-state index in [1.165, 1.54) is 19.3 Å². The predicted molar refractivity (Wildman–Crippen MR) is 72.8 cm³/mol. The molecule has 1 saturated carbocycles. The summed E-state index contributed by atoms with van der Waals surface area (Å²) in [6, 6.07) is -0.313. The van der Waals surface area contributed by atoms with Crippen LogP contribution in [0.4, 0.5) is 0 Å². The third-order valence-corrected chi connectivity index (χ3v) is 3.86. The first-order valence-corrected chi connectivity index (χ1v) is 7.22. The number of hydrogen-bond acceptors (Lipinski definition) is 5. The van der Waals surface area contributed by atoms with Crippen LogP contribution in [0.2, 0.25) is 0 Å². The molecule has 2 N–H and O–H groups in total. The maximum Gasteiger partial charge on any atom is 0.232 e. The summed E-state index contributed by atoms with van der Waals surface area (Å²) in [6.45, 7) is 6.60. The van der Waals surface area contributed by atoms with Crippen LogP contribution in [0.25, 0.3) is 0 Å². The molecular formula is C14H25N3O2. The Balaban J connectivity index is 2.01. The Morgan fingerprint density at radius 1 is 1.32 bits per heavy atom. The molecule has 2 rings (SSSR count). The van der Waals surface area contributed by atoms with E-state index in [9.17, 15) is 0 Å². The average molecular weight is 267 g/mol. The van der Waals surface area contributed by atoms with Crippen molar-refractivity contribution in [2.45, 2.75) is 70.4 Å². The van der Waals surface area contributed by atoms with Crippen molar-refractivity contribution in [3.05, 3.63) is 11.7 Å². The van der Waals surface area contributed by atoms with Crippen molar-refractivity contribution >= 4 is 0 Å². The predicted octanol–water partition coefficient (Wildman–Crippen LogP) is 2.72.